The summed E-state index contributed by atoms with van der Waals surface area (Å²) in [5.74, 6) is 2.99. The first-order chi connectivity index (χ1) is 18.6. The molecule has 0 radical (unpaired) electrons. The van der Waals surface area contributed by atoms with Gasteiger partial charge in [0.1, 0.15) is 5.82 Å². The van der Waals surface area contributed by atoms with E-state index in [1.165, 1.54) is 89.1 Å². The molecule has 1 aromatic heterocycles. The molecule has 6 nitrogen and oxygen atoms in total. The fraction of sp³-hybridized carbons (Fsp3) is 0.750. The molecule has 3 aliphatic carbocycles. The van der Waals surface area contributed by atoms with Gasteiger partial charge in [-0.1, -0.05) is 50.7 Å². The van der Waals surface area contributed by atoms with Gasteiger partial charge in [-0.2, -0.15) is 0 Å². The average Bonchev–Trinajstić information content (AvgIpc) is 3.45. The lowest BCUT2D eigenvalue weighted by Crippen LogP contribution is -2.55. The van der Waals surface area contributed by atoms with E-state index in [4.69, 9.17) is 4.98 Å². The summed E-state index contributed by atoms with van der Waals surface area (Å²) in [6.07, 6.45) is 18.9. The highest BCUT2D eigenvalue weighted by Gasteiger charge is 2.44. The van der Waals surface area contributed by atoms with E-state index in [0.717, 1.165) is 48.6 Å². The van der Waals surface area contributed by atoms with E-state index in [9.17, 15) is 9.90 Å². The molecule has 206 valence electrons. The van der Waals surface area contributed by atoms with Gasteiger partial charge in [-0.15, -0.1) is 0 Å². The number of aliphatic carboxylic acids is 1. The van der Waals surface area contributed by atoms with E-state index in [-0.39, 0.29) is 12.6 Å². The van der Waals surface area contributed by atoms with Crippen molar-refractivity contribution in [1.29, 1.82) is 0 Å². The van der Waals surface area contributed by atoms with Crippen LogP contribution in [0.5, 0.6) is 0 Å². The molecule has 4 heterocycles. The first-order valence-electron chi connectivity index (χ1n) is 15.8. The summed E-state index contributed by atoms with van der Waals surface area (Å²) in [5, 5.41) is 9.61. The van der Waals surface area contributed by atoms with Crippen LogP contribution in [0.2, 0.25) is 0 Å². The first kappa shape index (κ1) is 25.1. The van der Waals surface area contributed by atoms with Crippen LogP contribution >= 0.6 is 0 Å². The molecule has 3 saturated heterocycles. The van der Waals surface area contributed by atoms with Crippen LogP contribution in [0.4, 0.5) is 0 Å². The molecule has 1 N–H and O–H groups in total. The minimum Gasteiger partial charge on any atom is -0.480 e. The molecule has 6 heteroatoms. The fourth-order valence-corrected chi connectivity index (χ4v) is 9.53. The minimum absolute atomic E-state index is 0.111. The number of carbonyl (C=O) groups is 1. The van der Waals surface area contributed by atoms with E-state index in [1.807, 2.05) is 0 Å². The van der Waals surface area contributed by atoms with Gasteiger partial charge in [0.25, 0.3) is 0 Å². The van der Waals surface area contributed by atoms with Crippen molar-refractivity contribution in [3.63, 3.8) is 0 Å². The summed E-state index contributed by atoms with van der Waals surface area (Å²) in [4.78, 5) is 22.1. The molecule has 2 aromatic rings. The Kier molecular flexibility index (Phi) is 6.98. The number of imidazole rings is 1. The molecule has 1 aromatic carbocycles. The summed E-state index contributed by atoms with van der Waals surface area (Å²) in [6, 6.07) is 10.7. The number of nitrogens with zero attached hydrogens (tertiary/aromatic N) is 4. The predicted octanol–water partition coefficient (Wildman–Crippen LogP) is 6.42. The molecule has 3 aliphatic heterocycles. The Balaban J connectivity index is 1.22. The number of para-hydroxylation sites is 2. The van der Waals surface area contributed by atoms with Crippen LogP contribution in [0.15, 0.2) is 24.3 Å². The van der Waals surface area contributed by atoms with Crippen molar-refractivity contribution in [1.82, 2.24) is 19.4 Å². The fourth-order valence-electron chi connectivity index (χ4n) is 9.53. The van der Waals surface area contributed by atoms with Crippen LogP contribution in [0.1, 0.15) is 108 Å². The third kappa shape index (κ3) is 4.70. The summed E-state index contributed by atoms with van der Waals surface area (Å²) in [7, 11) is 0. The van der Waals surface area contributed by atoms with Gasteiger partial charge in [-0.05, 0) is 87.8 Å². The van der Waals surface area contributed by atoms with E-state index < -0.39 is 5.97 Å². The van der Waals surface area contributed by atoms with E-state index in [2.05, 4.69) is 38.6 Å². The van der Waals surface area contributed by atoms with Gasteiger partial charge in [0.05, 0.1) is 23.6 Å². The van der Waals surface area contributed by atoms with Crippen LogP contribution in [-0.2, 0) is 4.79 Å². The molecule has 6 fully saturated rings. The number of carboxylic acids is 1. The largest absolute Gasteiger partial charge is 0.480 e. The van der Waals surface area contributed by atoms with Gasteiger partial charge in [0.15, 0.2) is 0 Å². The Morgan fingerprint density at radius 3 is 2.45 bits per heavy atom. The van der Waals surface area contributed by atoms with Gasteiger partial charge < -0.3 is 9.67 Å². The van der Waals surface area contributed by atoms with Crippen molar-refractivity contribution >= 4 is 17.0 Å². The Morgan fingerprint density at radius 2 is 1.63 bits per heavy atom. The lowest BCUT2D eigenvalue weighted by Gasteiger charge is -2.52. The van der Waals surface area contributed by atoms with Gasteiger partial charge in [-0.25, -0.2) is 4.98 Å². The Hall–Kier alpha value is -1.92. The molecule has 4 bridgehead atoms. The second-order valence-electron chi connectivity index (χ2n) is 13.4. The Morgan fingerprint density at radius 1 is 0.868 bits per heavy atom. The maximum atomic E-state index is 11.7. The molecule has 38 heavy (non-hydrogen) atoms. The van der Waals surface area contributed by atoms with E-state index in [0.29, 0.717) is 18.0 Å². The van der Waals surface area contributed by atoms with Crippen molar-refractivity contribution in [2.24, 2.45) is 17.8 Å². The van der Waals surface area contributed by atoms with Crippen LogP contribution in [0.3, 0.4) is 0 Å². The number of carboxylic acid groups (broad SMARTS) is 1. The van der Waals surface area contributed by atoms with Gasteiger partial charge >= 0.3 is 5.97 Å². The van der Waals surface area contributed by atoms with E-state index >= 15 is 0 Å². The number of piperidine rings is 1. The Bertz CT molecular complexity index is 1130. The Labute approximate surface area is 227 Å². The van der Waals surface area contributed by atoms with Crippen molar-refractivity contribution in [3.05, 3.63) is 30.1 Å². The quantitative estimate of drug-likeness (QED) is 0.495. The zero-order chi connectivity index (χ0) is 25.6. The van der Waals surface area contributed by atoms with Gasteiger partial charge in [-0.3, -0.25) is 14.6 Å². The zero-order valence-corrected chi connectivity index (χ0v) is 23.0. The summed E-state index contributed by atoms with van der Waals surface area (Å²) >= 11 is 0. The number of hydrogen-bond donors (Lipinski definition) is 1. The molecular formula is C32H46N4O2. The molecule has 0 amide bonds. The van der Waals surface area contributed by atoms with E-state index in [1.54, 1.807) is 0 Å². The maximum absolute atomic E-state index is 11.7. The normalized spacial score (nSPS) is 36.7. The minimum atomic E-state index is -0.728. The summed E-state index contributed by atoms with van der Waals surface area (Å²) in [6.45, 7) is 2.21. The smallest absolute Gasteiger partial charge is 0.317 e. The second-order valence-corrected chi connectivity index (χ2v) is 13.4. The van der Waals surface area contributed by atoms with Crippen molar-refractivity contribution in [2.75, 3.05) is 19.6 Å². The van der Waals surface area contributed by atoms with Crippen molar-refractivity contribution in [2.45, 2.75) is 114 Å². The van der Waals surface area contributed by atoms with Crippen LogP contribution < -0.4 is 0 Å². The molecular weight excluding hydrogens is 472 g/mol. The van der Waals surface area contributed by atoms with Crippen LogP contribution in [-0.4, -0.2) is 62.1 Å². The lowest BCUT2D eigenvalue weighted by molar-refractivity contribution is -0.138. The molecule has 8 rings (SSSR count). The SMILES string of the molecule is O=C(O)CN1CCC[C@H]1c1nc2ccccc2n1[C@@H]1C[C@@H]2CCCCC1CN2[C@@H]1C[C@@H]2CCCC[C@@H](C2)C1. The molecule has 0 spiro atoms. The lowest BCUT2D eigenvalue weighted by atomic mass is 9.73. The second kappa shape index (κ2) is 10.6. The summed E-state index contributed by atoms with van der Waals surface area (Å²) in [5.41, 5.74) is 2.34. The number of benzene rings is 1. The third-order valence-corrected chi connectivity index (χ3v) is 11.1. The maximum Gasteiger partial charge on any atom is 0.317 e. The monoisotopic (exact) mass is 518 g/mol. The number of rotatable bonds is 5. The van der Waals surface area contributed by atoms with Crippen LogP contribution in [0.25, 0.3) is 11.0 Å². The van der Waals surface area contributed by atoms with Crippen molar-refractivity contribution in [3.8, 4) is 0 Å². The number of fused-ring (bicyclic) bond motifs is 8. The highest BCUT2D eigenvalue weighted by Crippen LogP contribution is 2.47. The number of hydrogen-bond acceptors (Lipinski definition) is 4. The van der Waals surface area contributed by atoms with Gasteiger partial charge in [0, 0.05) is 24.7 Å². The molecule has 1 unspecified atom stereocenters. The molecule has 6 aliphatic rings. The third-order valence-electron chi connectivity index (χ3n) is 11.1. The predicted molar refractivity (Wildman–Crippen MR) is 150 cm³/mol. The van der Waals surface area contributed by atoms with Crippen molar-refractivity contribution < 1.29 is 9.90 Å². The topological polar surface area (TPSA) is 61.6 Å². The summed E-state index contributed by atoms with van der Waals surface area (Å²) < 4.78 is 2.63. The highest BCUT2D eigenvalue weighted by molar-refractivity contribution is 5.76. The first-order valence-corrected chi connectivity index (χ1v) is 15.8. The average molecular weight is 519 g/mol. The standard InChI is InChI=1S/C32H46N4O2/c37-31(38)21-34-15-7-14-29(34)32-33-27-12-5-6-13-28(27)36(32)30-19-25-11-4-3-10-24(30)20-35(25)26-17-22-8-1-2-9-23(16-22)18-26/h5-6,12-13,22-26,29-30H,1-4,7-11,14-21H2,(H,37,38)/t22-,23+,24?,25-,26-,29-,30+/m0/s1. The molecule has 7 atom stereocenters. The van der Waals surface area contributed by atoms with Gasteiger partial charge in [0.2, 0.25) is 0 Å². The van der Waals surface area contributed by atoms with Crippen LogP contribution in [0, 0.1) is 17.8 Å². The zero-order valence-electron chi connectivity index (χ0n) is 23.0. The number of aromatic nitrogens is 2. The number of likely N-dealkylation sites (tertiary alicyclic amines) is 1. The molecule has 3 saturated carbocycles. The highest BCUT2D eigenvalue weighted by atomic mass is 16.4.